The van der Waals surface area contributed by atoms with Gasteiger partial charge in [0.2, 0.25) is 0 Å². The molecule has 0 spiro atoms. The highest BCUT2D eigenvalue weighted by Gasteiger charge is 2.03. The molecule has 0 atom stereocenters. The maximum absolute atomic E-state index is 13.2. The lowest BCUT2D eigenvalue weighted by atomic mass is 10.4. The van der Waals surface area contributed by atoms with Crippen LogP contribution in [0.15, 0.2) is 16.7 Å². The van der Waals surface area contributed by atoms with Gasteiger partial charge in [0, 0.05) is 17.0 Å². The monoisotopic (exact) mass is 264 g/mol. The number of anilines is 1. The molecule has 0 radical (unpaired) electrons. The molecule has 0 amide bonds. The SMILES string of the molecule is CP(C)CNc1ncc(Br)cc1F. The van der Waals surface area contributed by atoms with Gasteiger partial charge in [0.1, 0.15) is 0 Å². The quantitative estimate of drug-likeness (QED) is 0.849. The molecule has 2 nitrogen and oxygen atoms in total. The Morgan fingerprint density at radius 3 is 2.85 bits per heavy atom. The van der Waals surface area contributed by atoms with E-state index in [1.165, 1.54) is 6.07 Å². The average Bonchev–Trinajstić information content (AvgIpc) is 2.02. The summed E-state index contributed by atoms with van der Waals surface area (Å²) in [5.74, 6) is 0.0191. The minimum Gasteiger partial charge on any atom is -0.364 e. The Morgan fingerprint density at radius 2 is 2.31 bits per heavy atom. The molecule has 1 aromatic heterocycles. The molecule has 72 valence electrons. The third kappa shape index (κ3) is 3.57. The largest absolute Gasteiger partial charge is 0.364 e. The van der Waals surface area contributed by atoms with Crippen LogP contribution in [0, 0.1) is 5.82 Å². The predicted molar refractivity (Wildman–Crippen MR) is 59.2 cm³/mol. The maximum atomic E-state index is 13.2. The fourth-order valence-electron chi connectivity index (χ4n) is 0.778. The van der Waals surface area contributed by atoms with Gasteiger partial charge in [0.25, 0.3) is 0 Å². The van der Waals surface area contributed by atoms with E-state index in [-0.39, 0.29) is 13.7 Å². The normalized spacial score (nSPS) is 10.5. The van der Waals surface area contributed by atoms with Crippen LogP contribution in [0.5, 0.6) is 0 Å². The third-order valence-corrected chi connectivity index (χ3v) is 2.59. The molecule has 1 N–H and O–H groups in total. The molecule has 13 heavy (non-hydrogen) atoms. The number of nitrogens with zero attached hydrogens (tertiary/aromatic N) is 1. The van der Waals surface area contributed by atoms with Crippen molar-refractivity contribution in [1.29, 1.82) is 0 Å². The highest BCUT2D eigenvalue weighted by atomic mass is 79.9. The van der Waals surface area contributed by atoms with E-state index in [2.05, 4.69) is 39.6 Å². The van der Waals surface area contributed by atoms with Gasteiger partial charge >= 0.3 is 0 Å². The van der Waals surface area contributed by atoms with Crippen molar-refractivity contribution in [2.45, 2.75) is 0 Å². The second-order valence-corrected chi connectivity index (χ2v) is 6.29. The van der Waals surface area contributed by atoms with Gasteiger partial charge in [0.05, 0.1) is 0 Å². The maximum Gasteiger partial charge on any atom is 0.166 e. The Hall–Kier alpha value is -0.210. The van der Waals surface area contributed by atoms with Crippen molar-refractivity contribution < 1.29 is 4.39 Å². The van der Waals surface area contributed by atoms with E-state index in [1.54, 1.807) is 6.20 Å². The van der Waals surface area contributed by atoms with Crippen LogP contribution in [0.3, 0.4) is 0 Å². The van der Waals surface area contributed by atoms with E-state index in [0.29, 0.717) is 10.3 Å². The Balaban J connectivity index is 2.67. The van der Waals surface area contributed by atoms with Gasteiger partial charge in [0.15, 0.2) is 11.6 Å². The minimum atomic E-state index is -0.314. The Bertz CT molecular complexity index is 293. The van der Waals surface area contributed by atoms with Gasteiger partial charge in [-0.1, -0.05) is 7.92 Å². The van der Waals surface area contributed by atoms with Crippen molar-refractivity contribution in [1.82, 2.24) is 4.98 Å². The highest BCUT2D eigenvalue weighted by molar-refractivity contribution is 9.10. The summed E-state index contributed by atoms with van der Waals surface area (Å²) in [6.45, 7) is 4.25. The van der Waals surface area contributed by atoms with Crippen molar-refractivity contribution in [3.05, 3.63) is 22.6 Å². The van der Waals surface area contributed by atoms with Crippen molar-refractivity contribution >= 4 is 29.7 Å². The first-order valence-corrected chi connectivity index (χ1v) is 7.00. The fraction of sp³-hybridized carbons (Fsp3) is 0.375. The van der Waals surface area contributed by atoms with Crippen molar-refractivity contribution in [3.8, 4) is 0 Å². The lowest BCUT2D eigenvalue weighted by Crippen LogP contribution is -2.03. The number of nitrogens with one attached hydrogen (secondary N) is 1. The zero-order valence-electron chi connectivity index (χ0n) is 7.51. The molecule has 0 aromatic carbocycles. The molecule has 0 bridgehead atoms. The van der Waals surface area contributed by atoms with Crippen LogP contribution in [0.4, 0.5) is 10.2 Å². The smallest absolute Gasteiger partial charge is 0.166 e. The van der Waals surface area contributed by atoms with Gasteiger partial charge in [-0.3, -0.25) is 0 Å². The van der Waals surface area contributed by atoms with Crippen LogP contribution >= 0.6 is 23.9 Å². The van der Waals surface area contributed by atoms with E-state index in [0.717, 1.165) is 6.29 Å². The van der Waals surface area contributed by atoms with Crippen LogP contribution in [0.1, 0.15) is 0 Å². The van der Waals surface area contributed by atoms with Gasteiger partial charge in [-0.25, -0.2) is 9.37 Å². The zero-order chi connectivity index (χ0) is 9.84. The molecule has 0 fully saturated rings. The number of hydrogen-bond acceptors (Lipinski definition) is 2. The second kappa shape index (κ2) is 4.87. The third-order valence-electron chi connectivity index (χ3n) is 1.37. The molecule has 0 aliphatic carbocycles. The van der Waals surface area contributed by atoms with E-state index < -0.39 is 0 Å². The Kier molecular flexibility index (Phi) is 4.07. The van der Waals surface area contributed by atoms with Crippen LogP contribution < -0.4 is 5.32 Å². The average molecular weight is 265 g/mol. The Morgan fingerprint density at radius 1 is 1.62 bits per heavy atom. The molecule has 0 unspecified atom stereocenters. The first kappa shape index (κ1) is 10.9. The summed E-state index contributed by atoms with van der Waals surface area (Å²) < 4.78 is 13.8. The molecule has 0 saturated carbocycles. The molecule has 5 heteroatoms. The van der Waals surface area contributed by atoms with Gasteiger partial charge < -0.3 is 5.32 Å². The van der Waals surface area contributed by atoms with Crippen LogP contribution in [-0.2, 0) is 0 Å². The topological polar surface area (TPSA) is 24.9 Å². The standard InChI is InChI=1S/C8H11BrFN2P/c1-13(2)5-12-8-7(10)3-6(9)4-11-8/h3-4H,5H2,1-2H3,(H,11,12). The van der Waals surface area contributed by atoms with E-state index in [1.807, 2.05) is 0 Å². The zero-order valence-corrected chi connectivity index (χ0v) is 9.99. The number of rotatable bonds is 3. The first-order valence-electron chi connectivity index (χ1n) is 3.79. The summed E-state index contributed by atoms with van der Waals surface area (Å²) in [7, 11) is -0.0737. The van der Waals surface area contributed by atoms with Crippen LogP contribution in [-0.4, -0.2) is 24.6 Å². The first-order chi connectivity index (χ1) is 6.09. The molecule has 0 aliphatic heterocycles. The van der Waals surface area contributed by atoms with Crippen molar-refractivity contribution in [2.24, 2.45) is 0 Å². The number of pyridine rings is 1. The van der Waals surface area contributed by atoms with Crippen LogP contribution in [0.25, 0.3) is 0 Å². The number of hydrogen-bond donors (Lipinski definition) is 1. The van der Waals surface area contributed by atoms with Crippen molar-refractivity contribution in [2.75, 3.05) is 24.9 Å². The molecule has 0 saturated heterocycles. The van der Waals surface area contributed by atoms with E-state index in [9.17, 15) is 4.39 Å². The second-order valence-electron chi connectivity index (χ2n) is 2.90. The van der Waals surface area contributed by atoms with Gasteiger partial charge in [-0.2, -0.15) is 0 Å². The fourth-order valence-corrected chi connectivity index (χ4v) is 1.55. The Labute approximate surface area is 86.8 Å². The summed E-state index contributed by atoms with van der Waals surface area (Å²) in [5, 5.41) is 2.96. The van der Waals surface area contributed by atoms with Crippen LogP contribution in [0.2, 0.25) is 0 Å². The summed E-state index contributed by atoms with van der Waals surface area (Å²) in [6, 6.07) is 1.41. The lowest BCUT2D eigenvalue weighted by Gasteiger charge is -2.08. The molecule has 1 heterocycles. The number of aromatic nitrogens is 1. The summed E-state index contributed by atoms with van der Waals surface area (Å²) in [6.07, 6.45) is 2.37. The molecular formula is C8H11BrFN2P. The van der Waals surface area contributed by atoms with E-state index in [4.69, 9.17) is 0 Å². The van der Waals surface area contributed by atoms with Gasteiger partial charge in [-0.15, -0.1) is 0 Å². The van der Waals surface area contributed by atoms with Gasteiger partial charge in [-0.05, 0) is 35.3 Å². The molecule has 1 rings (SSSR count). The molecule has 0 aliphatic rings. The number of halogens is 2. The molecule has 1 aromatic rings. The summed E-state index contributed by atoms with van der Waals surface area (Å²) in [5.41, 5.74) is 0. The van der Waals surface area contributed by atoms with E-state index >= 15 is 0 Å². The summed E-state index contributed by atoms with van der Waals surface area (Å²) in [4.78, 5) is 3.93. The lowest BCUT2D eigenvalue weighted by molar-refractivity contribution is 0.624. The van der Waals surface area contributed by atoms with Crippen molar-refractivity contribution in [3.63, 3.8) is 0 Å². The predicted octanol–water partition coefficient (Wildman–Crippen LogP) is 3.09. The highest BCUT2D eigenvalue weighted by Crippen LogP contribution is 2.24. The molecular weight excluding hydrogens is 254 g/mol. The minimum absolute atomic E-state index is 0.0737. The summed E-state index contributed by atoms with van der Waals surface area (Å²) >= 11 is 3.15.